The van der Waals surface area contributed by atoms with Crippen LogP contribution in [0.5, 0.6) is 0 Å². The first-order valence-corrected chi connectivity index (χ1v) is 7.00. The lowest BCUT2D eigenvalue weighted by molar-refractivity contribution is 0.829. The Morgan fingerprint density at radius 1 is 1.15 bits per heavy atom. The van der Waals surface area contributed by atoms with Gasteiger partial charge in [-0.25, -0.2) is 9.97 Å². The van der Waals surface area contributed by atoms with Gasteiger partial charge in [-0.05, 0) is 25.0 Å². The highest BCUT2D eigenvalue weighted by Gasteiger charge is 2.01. The van der Waals surface area contributed by atoms with Crippen LogP contribution in [-0.2, 0) is 6.54 Å². The first-order chi connectivity index (χ1) is 9.78. The van der Waals surface area contributed by atoms with Crippen LogP contribution in [0.25, 0.3) is 0 Å². The van der Waals surface area contributed by atoms with Crippen LogP contribution >= 0.6 is 0 Å². The lowest BCUT2D eigenvalue weighted by Crippen LogP contribution is -2.08. The van der Waals surface area contributed by atoms with E-state index in [9.17, 15) is 0 Å². The van der Waals surface area contributed by atoms with Gasteiger partial charge in [0, 0.05) is 31.5 Å². The number of nitrogens with zero attached hydrogens (tertiary/aromatic N) is 3. The number of hydrogen-bond acceptors (Lipinski definition) is 5. The van der Waals surface area contributed by atoms with Crippen molar-refractivity contribution >= 4 is 11.6 Å². The molecule has 0 saturated heterocycles. The number of unbranched alkanes of at least 4 members (excludes halogenated alkanes) is 1. The van der Waals surface area contributed by atoms with E-state index in [0.717, 1.165) is 36.0 Å². The molecule has 2 aromatic heterocycles. The smallest absolute Gasteiger partial charge is 0.132 e. The first kappa shape index (κ1) is 14.2. The zero-order valence-electron chi connectivity index (χ0n) is 12.1. The summed E-state index contributed by atoms with van der Waals surface area (Å²) < 4.78 is 0. The molecule has 0 saturated carbocycles. The Balaban J connectivity index is 1.97. The minimum absolute atomic E-state index is 0.707. The molecule has 2 N–H and O–H groups in total. The second-order valence-electron chi connectivity index (χ2n) is 4.68. The molecular formula is C15H21N5. The van der Waals surface area contributed by atoms with Crippen molar-refractivity contribution in [1.82, 2.24) is 15.0 Å². The third kappa shape index (κ3) is 4.50. The Morgan fingerprint density at radius 2 is 1.95 bits per heavy atom. The van der Waals surface area contributed by atoms with Crippen molar-refractivity contribution < 1.29 is 0 Å². The molecule has 20 heavy (non-hydrogen) atoms. The summed E-state index contributed by atoms with van der Waals surface area (Å²) in [4.78, 5) is 12.9. The van der Waals surface area contributed by atoms with Crippen molar-refractivity contribution in [2.24, 2.45) is 0 Å². The van der Waals surface area contributed by atoms with Crippen LogP contribution in [0.4, 0.5) is 11.6 Å². The molecule has 5 nitrogen and oxygen atoms in total. The second kappa shape index (κ2) is 7.43. The van der Waals surface area contributed by atoms with Crippen molar-refractivity contribution in [2.75, 3.05) is 17.2 Å². The molecular weight excluding hydrogens is 250 g/mol. The Morgan fingerprint density at radius 3 is 2.65 bits per heavy atom. The molecule has 5 heteroatoms. The van der Waals surface area contributed by atoms with Crippen LogP contribution in [0, 0.1) is 6.92 Å². The zero-order valence-corrected chi connectivity index (χ0v) is 12.1. The van der Waals surface area contributed by atoms with Gasteiger partial charge >= 0.3 is 0 Å². The van der Waals surface area contributed by atoms with Gasteiger partial charge in [0.25, 0.3) is 0 Å². The molecule has 0 fully saturated rings. The summed E-state index contributed by atoms with van der Waals surface area (Å²) in [6.45, 7) is 5.72. The molecule has 2 aromatic rings. The largest absolute Gasteiger partial charge is 0.370 e. The van der Waals surface area contributed by atoms with Gasteiger partial charge in [-0.2, -0.15) is 0 Å². The summed E-state index contributed by atoms with van der Waals surface area (Å²) in [7, 11) is 0. The SMILES string of the molecule is CCCCNc1cc(NCc2cccnc2)nc(C)n1. The molecule has 0 atom stereocenters. The molecule has 2 heterocycles. The molecule has 0 bridgehead atoms. The van der Waals surface area contributed by atoms with E-state index in [2.05, 4.69) is 32.5 Å². The van der Waals surface area contributed by atoms with Crippen LogP contribution in [0.2, 0.25) is 0 Å². The van der Waals surface area contributed by atoms with Crippen molar-refractivity contribution in [2.45, 2.75) is 33.2 Å². The summed E-state index contributed by atoms with van der Waals surface area (Å²) in [5.41, 5.74) is 1.13. The van der Waals surface area contributed by atoms with Crippen molar-refractivity contribution in [3.05, 3.63) is 42.0 Å². The average Bonchev–Trinajstić information content (AvgIpc) is 2.46. The normalized spacial score (nSPS) is 10.3. The van der Waals surface area contributed by atoms with Gasteiger partial charge in [0.2, 0.25) is 0 Å². The molecule has 0 unspecified atom stereocenters. The molecule has 0 aliphatic heterocycles. The van der Waals surface area contributed by atoms with Crippen LogP contribution in [0.1, 0.15) is 31.2 Å². The molecule has 0 radical (unpaired) electrons. The predicted octanol–water partition coefficient (Wildman–Crippen LogP) is 3.00. The van der Waals surface area contributed by atoms with Crippen LogP contribution in [0.3, 0.4) is 0 Å². The van der Waals surface area contributed by atoms with Gasteiger partial charge in [0.05, 0.1) is 0 Å². The van der Waals surface area contributed by atoms with Gasteiger partial charge in [0.15, 0.2) is 0 Å². The Labute approximate surface area is 119 Å². The number of rotatable bonds is 7. The number of aryl methyl sites for hydroxylation is 1. The fourth-order valence-corrected chi connectivity index (χ4v) is 1.84. The summed E-state index contributed by atoms with van der Waals surface area (Å²) in [5.74, 6) is 2.47. The quantitative estimate of drug-likeness (QED) is 0.758. The van der Waals surface area contributed by atoms with Crippen molar-refractivity contribution in [3.63, 3.8) is 0 Å². The standard InChI is InChI=1S/C15H21N5/c1-3-4-8-17-14-9-15(20-12(2)19-14)18-11-13-6-5-7-16-10-13/h5-7,9-10H,3-4,8,11H2,1-2H3,(H2,17,18,19,20). The van der Waals surface area contributed by atoms with Gasteiger partial charge in [-0.15, -0.1) is 0 Å². The van der Waals surface area contributed by atoms with Crippen LogP contribution in [0.15, 0.2) is 30.6 Å². The topological polar surface area (TPSA) is 62.7 Å². The highest BCUT2D eigenvalue weighted by atomic mass is 15.1. The predicted molar refractivity (Wildman–Crippen MR) is 81.7 cm³/mol. The van der Waals surface area contributed by atoms with Crippen LogP contribution < -0.4 is 10.6 Å². The van der Waals surface area contributed by atoms with Gasteiger partial charge in [0.1, 0.15) is 17.5 Å². The molecule has 0 amide bonds. The monoisotopic (exact) mass is 271 g/mol. The number of aromatic nitrogens is 3. The van der Waals surface area contributed by atoms with Crippen molar-refractivity contribution in [1.29, 1.82) is 0 Å². The van der Waals surface area contributed by atoms with E-state index >= 15 is 0 Å². The lowest BCUT2D eigenvalue weighted by atomic mass is 10.3. The minimum Gasteiger partial charge on any atom is -0.370 e. The Kier molecular flexibility index (Phi) is 5.29. The number of nitrogens with one attached hydrogen (secondary N) is 2. The van der Waals surface area contributed by atoms with Crippen LogP contribution in [-0.4, -0.2) is 21.5 Å². The van der Waals surface area contributed by atoms with E-state index in [4.69, 9.17) is 0 Å². The lowest BCUT2D eigenvalue weighted by Gasteiger charge is -2.10. The molecule has 0 aliphatic rings. The second-order valence-corrected chi connectivity index (χ2v) is 4.68. The maximum Gasteiger partial charge on any atom is 0.132 e. The first-order valence-electron chi connectivity index (χ1n) is 7.00. The van der Waals surface area contributed by atoms with E-state index in [1.54, 1.807) is 6.20 Å². The summed E-state index contributed by atoms with van der Waals surface area (Å²) in [5, 5.41) is 6.62. The summed E-state index contributed by atoms with van der Waals surface area (Å²) in [6.07, 6.45) is 5.93. The Hall–Kier alpha value is -2.17. The molecule has 0 spiro atoms. The molecule has 0 aromatic carbocycles. The van der Waals surface area contributed by atoms with E-state index < -0.39 is 0 Å². The minimum atomic E-state index is 0.707. The third-order valence-electron chi connectivity index (χ3n) is 2.87. The summed E-state index contributed by atoms with van der Waals surface area (Å²) in [6, 6.07) is 5.91. The van der Waals surface area contributed by atoms with Crippen molar-refractivity contribution in [3.8, 4) is 0 Å². The van der Waals surface area contributed by atoms with Gasteiger partial charge in [-0.1, -0.05) is 19.4 Å². The van der Waals surface area contributed by atoms with Gasteiger partial charge in [-0.3, -0.25) is 4.98 Å². The number of anilines is 2. The molecule has 106 valence electrons. The van der Waals surface area contributed by atoms with Gasteiger partial charge < -0.3 is 10.6 Å². The maximum absolute atomic E-state index is 4.39. The Bertz CT molecular complexity index is 527. The number of pyridine rings is 1. The fraction of sp³-hybridized carbons (Fsp3) is 0.400. The maximum atomic E-state index is 4.39. The third-order valence-corrected chi connectivity index (χ3v) is 2.87. The number of hydrogen-bond donors (Lipinski definition) is 2. The highest BCUT2D eigenvalue weighted by Crippen LogP contribution is 2.12. The molecule has 0 aliphatic carbocycles. The molecule has 2 rings (SSSR count). The average molecular weight is 271 g/mol. The van der Waals surface area contributed by atoms with E-state index in [0.29, 0.717) is 6.54 Å². The van der Waals surface area contributed by atoms with E-state index in [1.165, 1.54) is 6.42 Å². The zero-order chi connectivity index (χ0) is 14.2. The van der Waals surface area contributed by atoms with E-state index in [-0.39, 0.29) is 0 Å². The fourth-order valence-electron chi connectivity index (χ4n) is 1.84. The highest BCUT2D eigenvalue weighted by molar-refractivity contribution is 5.47. The summed E-state index contributed by atoms with van der Waals surface area (Å²) >= 11 is 0. The van der Waals surface area contributed by atoms with E-state index in [1.807, 2.05) is 31.3 Å².